The number of amides is 2. The fraction of sp³-hybridized carbons (Fsp3) is 0.417. The lowest BCUT2D eigenvalue weighted by Crippen LogP contribution is -2.52. The number of piperidine rings is 1. The molecule has 2 aromatic carbocycles. The molecule has 2 atom stereocenters. The summed E-state index contributed by atoms with van der Waals surface area (Å²) in [7, 11) is -3.37. The van der Waals surface area contributed by atoms with Gasteiger partial charge < -0.3 is 9.64 Å². The van der Waals surface area contributed by atoms with Crippen LogP contribution in [0.4, 0.5) is 21.9 Å². The first-order valence-electron chi connectivity index (χ1n) is 11.4. The van der Waals surface area contributed by atoms with Gasteiger partial charge in [0.25, 0.3) is 0 Å². The molecule has 0 aromatic heterocycles. The number of carbonyl (C=O) groups excluding carboxylic acids is 2. The Morgan fingerprint density at radius 3 is 2.38 bits per heavy atom. The third-order valence-corrected chi connectivity index (χ3v) is 6.61. The van der Waals surface area contributed by atoms with Crippen LogP contribution in [-0.2, 0) is 19.6 Å². The molecule has 2 unspecified atom stereocenters. The molecule has 0 bridgehead atoms. The molecule has 2 N–H and O–H groups in total. The van der Waals surface area contributed by atoms with Crippen molar-refractivity contribution in [2.24, 2.45) is 0 Å². The van der Waals surface area contributed by atoms with Gasteiger partial charge in [-0.3, -0.25) is 19.7 Å². The highest BCUT2D eigenvalue weighted by atomic mass is 32.2. The lowest BCUT2D eigenvalue weighted by molar-refractivity contribution is -0.117. The summed E-state index contributed by atoms with van der Waals surface area (Å²) in [5, 5.41) is 3.23. The molecule has 2 aliphatic heterocycles. The molecule has 2 aromatic rings. The zero-order chi connectivity index (χ0) is 24.5. The molecular weight excluding hydrogens is 456 g/mol. The monoisotopic (exact) mass is 486 g/mol. The zero-order valence-electron chi connectivity index (χ0n) is 19.6. The van der Waals surface area contributed by atoms with Gasteiger partial charge >= 0.3 is 6.09 Å². The summed E-state index contributed by atoms with van der Waals surface area (Å²) >= 11 is 0. The van der Waals surface area contributed by atoms with E-state index in [1.54, 1.807) is 34.1 Å². The highest BCUT2D eigenvalue weighted by Gasteiger charge is 2.35. The predicted octanol–water partition coefficient (Wildman–Crippen LogP) is 3.52. The van der Waals surface area contributed by atoms with Gasteiger partial charge in [-0.25, -0.2) is 13.2 Å². The van der Waals surface area contributed by atoms with Gasteiger partial charge in [0.1, 0.15) is 0 Å². The molecule has 0 saturated carbocycles. The number of hydrogen-bond donors (Lipinski definition) is 2. The number of ether oxygens (including phenoxy) is 1. The first-order chi connectivity index (χ1) is 16.1. The predicted molar refractivity (Wildman–Crippen MR) is 132 cm³/mol. The fourth-order valence-electron chi connectivity index (χ4n) is 4.51. The fourth-order valence-corrected chi connectivity index (χ4v) is 5.07. The number of rotatable bonds is 4. The number of fused-ring (bicyclic) bond motifs is 1. The minimum Gasteiger partial charge on any atom is -0.430 e. The molecule has 9 nitrogen and oxygen atoms in total. The third-order valence-electron chi connectivity index (χ3n) is 6.00. The van der Waals surface area contributed by atoms with Crippen LogP contribution in [0.25, 0.3) is 11.1 Å². The van der Waals surface area contributed by atoms with Crippen molar-refractivity contribution in [2.45, 2.75) is 45.4 Å². The maximum Gasteiger partial charge on any atom is 0.416 e. The second-order valence-corrected chi connectivity index (χ2v) is 10.6. The van der Waals surface area contributed by atoms with Crippen LogP contribution in [0.2, 0.25) is 0 Å². The molecule has 10 heteroatoms. The summed E-state index contributed by atoms with van der Waals surface area (Å²) in [5.41, 5.74) is 3.39. The Kier molecular flexibility index (Phi) is 6.81. The van der Waals surface area contributed by atoms with Crippen LogP contribution in [0.5, 0.6) is 0 Å². The SMILES string of the molecule is CC(=O)N1c2ccc(-c3ccc(NS(C)(=O)=O)cc3)cc2N(C(=O)OC2CCCCN2)CC1C. The van der Waals surface area contributed by atoms with Crippen LogP contribution in [0, 0.1) is 0 Å². The second kappa shape index (κ2) is 9.63. The molecule has 2 aliphatic rings. The summed E-state index contributed by atoms with van der Waals surface area (Å²) in [5.74, 6) is -0.0975. The van der Waals surface area contributed by atoms with Crippen molar-refractivity contribution in [2.75, 3.05) is 33.9 Å². The quantitative estimate of drug-likeness (QED) is 0.685. The van der Waals surface area contributed by atoms with Gasteiger partial charge in [-0.05, 0) is 68.1 Å². The summed E-state index contributed by atoms with van der Waals surface area (Å²) in [6, 6.07) is 12.4. The van der Waals surface area contributed by atoms with E-state index in [1.165, 1.54) is 6.92 Å². The number of hydrogen-bond acceptors (Lipinski definition) is 6. The largest absolute Gasteiger partial charge is 0.430 e. The summed E-state index contributed by atoms with van der Waals surface area (Å²) in [6.45, 7) is 4.56. The number of nitrogens with zero attached hydrogens (tertiary/aromatic N) is 2. The van der Waals surface area contributed by atoms with Gasteiger partial charge in [0.05, 0.1) is 23.7 Å². The number of nitrogens with one attached hydrogen (secondary N) is 2. The Labute approximate surface area is 200 Å². The standard InChI is InChI=1S/C24H30N4O5S/c1-16-15-27(24(30)33-23-6-4-5-13-25-23)22-14-19(9-12-21(22)28(16)17(2)29)18-7-10-20(11-8-18)26-34(3,31)32/h7-12,14,16,23,25-26H,4-6,13,15H2,1-3H3. The zero-order valence-corrected chi connectivity index (χ0v) is 20.4. The molecule has 182 valence electrons. The van der Waals surface area contributed by atoms with E-state index in [4.69, 9.17) is 4.74 Å². The Hall–Kier alpha value is -3.11. The minimum atomic E-state index is -3.37. The van der Waals surface area contributed by atoms with Crippen LogP contribution in [-0.4, -0.2) is 52.0 Å². The van der Waals surface area contributed by atoms with E-state index in [9.17, 15) is 18.0 Å². The van der Waals surface area contributed by atoms with Crippen LogP contribution in [0.15, 0.2) is 42.5 Å². The first kappa shape index (κ1) is 24.0. The van der Waals surface area contributed by atoms with E-state index in [-0.39, 0.29) is 18.2 Å². The molecule has 0 radical (unpaired) electrons. The molecule has 1 saturated heterocycles. The van der Waals surface area contributed by atoms with Crippen molar-refractivity contribution >= 4 is 39.1 Å². The number of sulfonamides is 1. The molecule has 34 heavy (non-hydrogen) atoms. The Morgan fingerprint density at radius 2 is 1.76 bits per heavy atom. The van der Waals surface area contributed by atoms with Crippen molar-refractivity contribution < 1.29 is 22.7 Å². The molecular formula is C24H30N4O5S. The molecule has 0 aliphatic carbocycles. The topological polar surface area (TPSA) is 108 Å². The number of benzene rings is 2. The average molecular weight is 487 g/mol. The van der Waals surface area contributed by atoms with E-state index < -0.39 is 16.1 Å². The summed E-state index contributed by atoms with van der Waals surface area (Å²) < 4.78 is 31.1. The normalized spacial score (nSPS) is 20.4. The smallest absolute Gasteiger partial charge is 0.416 e. The van der Waals surface area contributed by atoms with Gasteiger partial charge in [0.15, 0.2) is 6.23 Å². The second-order valence-electron chi connectivity index (χ2n) is 8.83. The van der Waals surface area contributed by atoms with Gasteiger partial charge in [0, 0.05) is 19.2 Å². The van der Waals surface area contributed by atoms with E-state index in [0.29, 0.717) is 23.6 Å². The van der Waals surface area contributed by atoms with E-state index >= 15 is 0 Å². The van der Waals surface area contributed by atoms with Gasteiger partial charge in [0.2, 0.25) is 15.9 Å². The Morgan fingerprint density at radius 1 is 1.06 bits per heavy atom. The van der Waals surface area contributed by atoms with Crippen molar-refractivity contribution in [1.82, 2.24) is 5.32 Å². The van der Waals surface area contributed by atoms with E-state index in [1.807, 2.05) is 25.1 Å². The van der Waals surface area contributed by atoms with Crippen molar-refractivity contribution in [3.05, 3.63) is 42.5 Å². The Bertz CT molecular complexity index is 1180. The van der Waals surface area contributed by atoms with Crippen LogP contribution in [0.1, 0.15) is 33.1 Å². The van der Waals surface area contributed by atoms with Crippen molar-refractivity contribution in [1.29, 1.82) is 0 Å². The van der Waals surface area contributed by atoms with Crippen LogP contribution >= 0.6 is 0 Å². The molecule has 0 spiro atoms. The maximum absolute atomic E-state index is 13.2. The minimum absolute atomic E-state index is 0.0975. The summed E-state index contributed by atoms with van der Waals surface area (Å²) in [4.78, 5) is 28.9. The third kappa shape index (κ3) is 5.34. The highest BCUT2D eigenvalue weighted by Crippen LogP contribution is 2.39. The molecule has 4 rings (SSSR count). The lowest BCUT2D eigenvalue weighted by Gasteiger charge is -2.41. The van der Waals surface area contributed by atoms with Crippen LogP contribution < -0.4 is 19.8 Å². The van der Waals surface area contributed by atoms with E-state index in [0.717, 1.165) is 43.2 Å². The first-order valence-corrected chi connectivity index (χ1v) is 13.2. The number of carbonyl (C=O) groups is 2. The van der Waals surface area contributed by atoms with Crippen molar-refractivity contribution in [3.63, 3.8) is 0 Å². The number of anilines is 3. The lowest BCUT2D eigenvalue weighted by atomic mass is 10.0. The average Bonchev–Trinajstić information content (AvgIpc) is 2.78. The molecule has 2 heterocycles. The Balaban J connectivity index is 1.67. The molecule has 1 fully saturated rings. The van der Waals surface area contributed by atoms with Gasteiger partial charge in [-0.15, -0.1) is 0 Å². The van der Waals surface area contributed by atoms with Gasteiger partial charge in [-0.2, -0.15) is 0 Å². The highest BCUT2D eigenvalue weighted by molar-refractivity contribution is 7.92. The van der Waals surface area contributed by atoms with Crippen LogP contribution in [0.3, 0.4) is 0 Å². The summed E-state index contributed by atoms with van der Waals surface area (Å²) in [6.07, 6.45) is 3.18. The van der Waals surface area contributed by atoms with Gasteiger partial charge in [-0.1, -0.05) is 18.2 Å². The molecule has 2 amide bonds. The van der Waals surface area contributed by atoms with E-state index in [2.05, 4.69) is 10.0 Å². The maximum atomic E-state index is 13.2. The van der Waals surface area contributed by atoms with Crippen molar-refractivity contribution in [3.8, 4) is 11.1 Å².